The second kappa shape index (κ2) is 7.81. The zero-order valence-corrected chi connectivity index (χ0v) is 15.4. The molecule has 24 heavy (non-hydrogen) atoms. The molecule has 5 heteroatoms. The van der Waals surface area contributed by atoms with Crippen LogP contribution in [0.15, 0.2) is 53.4 Å². The minimum absolute atomic E-state index is 0.174. The van der Waals surface area contributed by atoms with Gasteiger partial charge in [-0.3, -0.25) is 0 Å². The summed E-state index contributed by atoms with van der Waals surface area (Å²) in [5, 5.41) is 0. The number of hydrogen-bond acceptors (Lipinski definition) is 3. The number of sulfonamides is 1. The highest BCUT2D eigenvalue weighted by Gasteiger charge is 2.20. The van der Waals surface area contributed by atoms with Crippen LogP contribution in [0.3, 0.4) is 0 Å². The Balaban J connectivity index is 2.30. The summed E-state index contributed by atoms with van der Waals surface area (Å²) in [6, 6.07) is 14.3. The van der Waals surface area contributed by atoms with Crippen molar-refractivity contribution in [2.45, 2.75) is 44.6 Å². The molecule has 0 fully saturated rings. The van der Waals surface area contributed by atoms with Gasteiger partial charge in [0.05, 0.1) is 11.5 Å². The minimum Gasteiger partial charge on any atom is -0.494 e. The largest absolute Gasteiger partial charge is 0.494 e. The lowest BCUT2D eigenvalue weighted by Gasteiger charge is -2.17. The molecule has 1 N–H and O–H groups in total. The fourth-order valence-corrected chi connectivity index (χ4v) is 3.81. The lowest BCUT2D eigenvalue weighted by molar-refractivity contribution is 0.335. The standard InChI is InChI=1S/C19H25NO3S/c1-5-23-19-12-11-17(13-18(19)14(2)3)24(21,22)20-15(4)16-9-7-6-8-10-16/h6-15,20H,5H2,1-4H3/t15-/m0/s1. The third kappa shape index (κ3) is 4.36. The van der Waals surface area contributed by atoms with Crippen molar-refractivity contribution in [2.75, 3.05) is 6.61 Å². The van der Waals surface area contributed by atoms with Gasteiger partial charge in [0.1, 0.15) is 5.75 Å². The SMILES string of the molecule is CCOc1ccc(S(=O)(=O)N[C@@H](C)c2ccccc2)cc1C(C)C. The van der Waals surface area contributed by atoms with Crippen molar-refractivity contribution in [3.05, 3.63) is 59.7 Å². The van der Waals surface area contributed by atoms with Gasteiger partial charge < -0.3 is 4.74 Å². The molecule has 0 bridgehead atoms. The topological polar surface area (TPSA) is 55.4 Å². The van der Waals surface area contributed by atoms with Crippen LogP contribution in [0.2, 0.25) is 0 Å². The molecule has 2 aromatic carbocycles. The summed E-state index contributed by atoms with van der Waals surface area (Å²) in [5.41, 5.74) is 1.82. The molecule has 4 nitrogen and oxygen atoms in total. The summed E-state index contributed by atoms with van der Waals surface area (Å²) in [4.78, 5) is 0.262. The number of benzene rings is 2. The van der Waals surface area contributed by atoms with Gasteiger partial charge in [0, 0.05) is 6.04 Å². The van der Waals surface area contributed by atoms with Crippen LogP contribution < -0.4 is 9.46 Å². The maximum atomic E-state index is 12.7. The van der Waals surface area contributed by atoms with Crippen LogP contribution in [0.1, 0.15) is 50.8 Å². The van der Waals surface area contributed by atoms with Crippen molar-refractivity contribution >= 4 is 10.0 Å². The maximum absolute atomic E-state index is 12.7. The third-order valence-corrected chi connectivity index (χ3v) is 5.38. The highest BCUT2D eigenvalue weighted by atomic mass is 32.2. The average molecular weight is 347 g/mol. The number of hydrogen-bond donors (Lipinski definition) is 1. The van der Waals surface area contributed by atoms with E-state index >= 15 is 0 Å². The highest BCUT2D eigenvalue weighted by molar-refractivity contribution is 7.89. The Morgan fingerprint density at radius 2 is 1.71 bits per heavy atom. The molecule has 0 spiro atoms. The Hall–Kier alpha value is -1.85. The molecule has 0 saturated carbocycles. The Morgan fingerprint density at radius 3 is 2.29 bits per heavy atom. The molecule has 0 unspecified atom stereocenters. The van der Waals surface area contributed by atoms with Gasteiger partial charge in [0.15, 0.2) is 0 Å². The first-order valence-corrected chi connectivity index (χ1v) is 9.67. The van der Waals surface area contributed by atoms with Crippen molar-refractivity contribution < 1.29 is 13.2 Å². The first-order chi connectivity index (χ1) is 11.3. The molecule has 2 aromatic rings. The van der Waals surface area contributed by atoms with Crippen molar-refractivity contribution in [2.24, 2.45) is 0 Å². The molecular weight excluding hydrogens is 322 g/mol. The Kier molecular flexibility index (Phi) is 6.02. The van der Waals surface area contributed by atoms with Gasteiger partial charge >= 0.3 is 0 Å². The number of nitrogens with one attached hydrogen (secondary N) is 1. The molecule has 0 aromatic heterocycles. The Bertz CT molecular complexity index is 770. The van der Waals surface area contributed by atoms with Crippen molar-refractivity contribution in [1.29, 1.82) is 0 Å². The van der Waals surface area contributed by atoms with Gasteiger partial charge in [-0.2, -0.15) is 0 Å². The van der Waals surface area contributed by atoms with E-state index in [1.807, 2.05) is 58.0 Å². The van der Waals surface area contributed by atoms with Gasteiger partial charge in [-0.05, 0) is 49.1 Å². The molecule has 130 valence electrons. The molecular formula is C19H25NO3S. The average Bonchev–Trinajstić information content (AvgIpc) is 2.55. The van der Waals surface area contributed by atoms with E-state index in [1.54, 1.807) is 18.2 Å². The molecule has 0 amide bonds. The summed E-state index contributed by atoms with van der Waals surface area (Å²) >= 11 is 0. The molecule has 0 aliphatic heterocycles. The maximum Gasteiger partial charge on any atom is 0.241 e. The highest BCUT2D eigenvalue weighted by Crippen LogP contribution is 2.29. The van der Waals surface area contributed by atoms with Crippen LogP contribution >= 0.6 is 0 Å². The fourth-order valence-electron chi connectivity index (χ4n) is 2.54. The van der Waals surface area contributed by atoms with Gasteiger partial charge in [0.25, 0.3) is 0 Å². The summed E-state index contributed by atoms with van der Waals surface area (Å²) in [6.45, 7) is 8.35. The molecule has 0 radical (unpaired) electrons. The van der Waals surface area contributed by atoms with Crippen LogP contribution in [-0.2, 0) is 10.0 Å². The van der Waals surface area contributed by atoms with E-state index in [9.17, 15) is 8.42 Å². The normalized spacial score (nSPS) is 13.0. The Labute approximate surface area is 144 Å². The summed E-state index contributed by atoms with van der Waals surface area (Å²) in [5.74, 6) is 0.913. The quantitative estimate of drug-likeness (QED) is 0.815. The predicted octanol–water partition coefficient (Wildman–Crippen LogP) is 4.25. The van der Waals surface area contributed by atoms with E-state index in [4.69, 9.17) is 4.74 Å². The van der Waals surface area contributed by atoms with Crippen LogP contribution in [-0.4, -0.2) is 15.0 Å². The smallest absolute Gasteiger partial charge is 0.241 e. The van der Waals surface area contributed by atoms with Gasteiger partial charge in [-0.15, -0.1) is 0 Å². The minimum atomic E-state index is -3.60. The van der Waals surface area contributed by atoms with Crippen LogP contribution in [0.4, 0.5) is 0 Å². The van der Waals surface area contributed by atoms with Crippen LogP contribution in [0, 0.1) is 0 Å². The molecule has 0 aliphatic rings. The van der Waals surface area contributed by atoms with Gasteiger partial charge in [0.2, 0.25) is 10.0 Å². The van der Waals surface area contributed by atoms with E-state index in [0.717, 1.165) is 16.9 Å². The van der Waals surface area contributed by atoms with E-state index < -0.39 is 10.0 Å². The molecule has 0 saturated heterocycles. The summed E-state index contributed by atoms with van der Waals surface area (Å²) < 4.78 is 33.8. The van der Waals surface area contributed by atoms with E-state index in [1.165, 1.54) is 0 Å². The second-order valence-electron chi connectivity index (χ2n) is 6.04. The Morgan fingerprint density at radius 1 is 1.04 bits per heavy atom. The van der Waals surface area contributed by atoms with Crippen LogP contribution in [0.5, 0.6) is 5.75 Å². The fraction of sp³-hybridized carbons (Fsp3) is 0.368. The van der Waals surface area contributed by atoms with E-state index in [-0.39, 0.29) is 16.9 Å². The van der Waals surface area contributed by atoms with Crippen LogP contribution in [0.25, 0.3) is 0 Å². The predicted molar refractivity (Wildman–Crippen MR) is 96.9 cm³/mol. The molecule has 0 heterocycles. The molecule has 2 rings (SSSR count). The molecule has 0 aliphatic carbocycles. The zero-order valence-electron chi connectivity index (χ0n) is 14.6. The van der Waals surface area contributed by atoms with Crippen molar-refractivity contribution in [1.82, 2.24) is 4.72 Å². The first-order valence-electron chi connectivity index (χ1n) is 8.19. The third-order valence-electron chi connectivity index (χ3n) is 3.84. The summed E-state index contributed by atoms with van der Waals surface area (Å²) in [6.07, 6.45) is 0. The van der Waals surface area contributed by atoms with E-state index in [2.05, 4.69) is 4.72 Å². The van der Waals surface area contributed by atoms with Gasteiger partial charge in [-0.1, -0.05) is 44.2 Å². The van der Waals surface area contributed by atoms with Crippen molar-refractivity contribution in [3.63, 3.8) is 0 Å². The van der Waals surface area contributed by atoms with E-state index in [0.29, 0.717) is 6.61 Å². The zero-order chi connectivity index (χ0) is 17.7. The monoisotopic (exact) mass is 347 g/mol. The lowest BCUT2D eigenvalue weighted by Crippen LogP contribution is -2.27. The number of rotatable bonds is 7. The molecule has 1 atom stereocenters. The number of ether oxygens (including phenoxy) is 1. The first kappa shape index (κ1) is 18.5. The second-order valence-corrected chi connectivity index (χ2v) is 7.75. The van der Waals surface area contributed by atoms with Crippen molar-refractivity contribution in [3.8, 4) is 5.75 Å². The summed E-state index contributed by atoms with van der Waals surface area (Å²) in [7, 11) is -3.60. The lowest BCUT2D eigenvalue weighted by atomic mass is 10.0. The van der Waals surface area contributed by atoms with Gasteiger partial charge in [-0.25, -0.2) is 13.1 Å².